The molecule has 2 rings (SSSR count). The quantitative estimate of drug-likeness (QED) is 0.824. The van der Waals surface area contributed by atoms with Crippen molar-refractivity contribution in [1.82, 2.24) is 10.2 Å². The molecule has 1 heterocycles. The highest BCUT2D eigenvalue weighted by atomic mass is 16.5. The summed E-state index contributed by atoms with van der Waals surface area (Å²) in [7, 11) is 5.91. The van der Waals surface area contributed by atoms with Gasteiger partial charge < -0.3 is 19.7 Å². The second-order valence-corrected chi connectivity index (χ2v) is 5.56. The van der Waals surface area contributed by atoms with Gasteiger partial charge in [0.25, 0.3) is 0 Å². The van der Waals surface area contributed by atoms with E-state index in [0.717, 1.165) is 32.1 Å². The Bertz CT molecular complexity index is 388. The summed E-state index contributed by atoms with van der Waals surface area (Å²) in [5, 5.41) is 3.44. The Kier molecular flexibility index (Phi) is 5.83. The van der Waals surface area contributed by atoms with E-state index < -0.39 is 0 Å². The predicted molar refractivity (Wildman–Crippen MR) is 81.1 cm³/mol. The summed E-state index contributed by atoms with van der Waals surface area (Å²) in [6.45, 7) is 3.79. The molecule has 0 spiro atoms. The normalized spacial score (nSPS) is 20.3. The van der Waals surface area contributed by atoms with Crippen LogP contribution in [0.15, 0.2) is 24.3 Å². The molecule has 1 aliphatic rings. The second-order valence-electron chi connectivity index (χ2n) is 5.56. The van der Waals surface area contributed by atoms with Crippen LogP contribution in [0.4, 0.5) is 0 Å². The fraction of sp³-hybridized carbons (Fsp3) is 0.625. The molecule has 1 fully saturated rings. The fourth-order valence-electron chi connectivity index (χ4n) is 2.79. The Morgan fingerprint density at radius 3 is 2.70 bits per heavy atom. The minimum Gasteiger partial charge on any atom is -0.497 e. The van der Waals surface area contributed by atoms with Crippen molar-refractivity contribution in [3.8, 4) is 5.75 Å². The van der Waals surface area contributed by atoms with Gasteiger partial charge in [0, 0.05) is 31.7 Å². The molecule has 0 saturated carbocycles. The Morgan fingerprint density at radius 1 is 1.40 bits per heavy atom. The molecule has 4 heteroatoms. The Hall–Kier alpha value is -1.10. The highest BCUT2D eigenvalue weighted by Gasteiger charge is 2.25. The molecule has 1 saturated heterocycles. The molecule has 0 aliphatic carbocycles. The van der Waals surface area contributed by atoms with Crippen molar-refractivity contribution >= 4 is 0 Å². The monoisotopic (exact) mass is 278 g/mol. The molecule has 20 heavy (non-hydrogen) atoms. The highest BCUT2D eigenvalue weighted by Crippen LogP contribution is 2.18. The molecule has 1 aliphatic heterocycles. The summed E-state index contributed by atoms with van der Waals surface area (Å²) in [4.78, 5) is 2.36. The van der Waals surface area contributed by atoms with Gasteiger partial charge in [0.1, 0.15) is 5.75 Å². The lowest BCUT2D eigenvalue weighted by Gasteiger charge is -2.27. The van der Waals surface area contributed by atoms with Gasteiger partial charge in [-0.05, 0) is 38.2 Å². The van der Waals surface area contributed by atoms with Gasteiger partial charge in [-0.2, -0.15) is 0 Å². The van der Waals surface area contributed by atoms with E-state index in [9.17, 15) is 0 Å². The minimum absolute atomic E-state index is 0.501. The van der Waals surface area contributed by atoms with E-state index in [1.807, 2.05) is 19.2 Å². The van der Waals surface area contributed by atoms with Gasteiger partial charge in [-0.25, -0.2) is 0 Å². The van der Waals surface area contributed by atoms with Gasteiger partial charge in [0.2, 0.25) is 0 Å². The van der Waals surface area contributed by atoms with Crippen LogP contribution in [0.25, 0.3) is 0 Å². The van der Waals surface area contributed by atoms with Gasteiger partial charge in [0.05, 0.1) is 13.7 Å². The molecular formula is C16H26N2O2. The van der Waals surface area contributed by atoms with Crippen molar-refractivity contribution in [2.75, 3.05) is 41.0 Å². The largest absolute Gasteiger partial charge is 0.497 e. The first-order valence-electron chi connectivity index (χ1n) is 7.29. The molecule has 0 aromatic heterocycles. The van der Waals surface area contributed by atoms with E-state index in [0.29, 0.717) is 12.0 Å². The van der Waals surface area contributed by atoms with Crippen molar-refractivity contribution in [2.45, 2.75) is 19.0 Å². The molecule has 0 radical (unpaired) electrons. The summed E-state index contributed by atoms with van der Waals surface area (Å²) in [6.07, 6.45) is 1.17. The first kappa shape index (κ1) is 15.3. The van der Waals surface area contributed by atoms with Gasteiger partial charge in [-0.1, -0.05) is 12.1 Å². The summed E-state index contributed by atoms with van der Waals surface area (Å²) >= 11 is 0. The highest BCUT2D eigenvalue weighted by molar-refractivity contribution is 5.27. The van der Waals surface area contributed by atoms with Crippen LogP contribution in [0.1, 0.15) is 12.0 Å². The predicted octanol–water partition coefficient (Wildman–Crippen LogP) is 1.75. The first-order chi connectivity index (χ1) is 9.72. The molecular weight excluding hydrogens is 252 g/mol. The number of likely N-dealkylation sites (N-methyl/N-ethyl adjacent to an activating group) is 2. The van der Waals surface area contributed by atoms with E-state index in [4.69, 9.17) is 9.47 Å². The number of nitrogens with one attached hydrogen (secondary N) is 1. The lowest BCUT2D eigenvalue weighted by molar-refractivity contribution is 0.167. The lowest BCUT2D eigenvalue weighted by atomic mass is 9.98. The van der Waals surface area contributed by atoms with Gasteiger partial charge >= 0.3 is 0 Å². The van der Waals surface area contributed by atoms with Crippen molar-refractivity contribution in [1.29, 1.82) is 0 Å². The van der Waals surface area contributed by atoms with Crippen LogP contribution in [0.2, 0.25) is 0 Å². The summed E-state index contributed by atoms with van der Waals surface area (Å²) < 4.78 is 10.7. The number of hydrogen-bond acceptors (Lipinski definition) is 4. The average molecular weight is 278 g/mol. The lowest BCUT2D eigenvalue weighted by Crippen LogP contribution is -2.43. The molecule has 2 atom stereocenters. The third-order valence-electron chi connectivity index (χ3n) is 4.02. The van der Waals surface area contributed by atoms with Crippen molar-refractivity contribution in [2.24, 2.45) is 5.92 Å². The van der Waals surface area contributed by atoms with Gasteiger partial charge in [0.15, 0.2) is 0 Å². The van der Waals surface area contributed by atoms with Gasteiger partial charge in [-0.3, -0.25) is 0 Å². The number of benzene rings is 1. The number of ether oxygens (including phenoxy) is 2. The minimum atomic E-state index is 0.501. The number of hydrogen-bond donors (Lipinski definition) is 1. The molecule has 1 aromatic rings. The maximum Gasteiger partial charge on any atom is 0.118 e. The van der Waals surface area contributed by atoms with E-state index in [2.05, 4.69) is 29.4 Å². The Balaban J connectivity index is 1.84. The summed E-state index contributed by atoms with van der Waals surface area (Å²) in [6, 6.07) is 8.79. The topological polar surface area (TPSA) is 33.7 Å². The van der Waals surface area contributed by atoms with Crippen LogP contribution < -0.4 is 10.1 Å². The van der Waals surface area contributed by atoms with Crippen LogP contribution in [-0.2, 0) is 11.3 Å². The zero-order chi connectivity index (χ0) is 14.4. The van der Waals surface area contributed by atoms with Crippen LogP contribution in [0, 0.1) is 5.92 Å². The molecule has 1 aromatic carbocycles. The van der Waals surface area contributed by atoms with Crippen LogP contribution in [0.3, 0.4) is 0 Å². The maximum absolute atomic E-state index is 5.49. The van der Waals surface area contributed by atoms with Crippen LogP contribution in [-0.4, -0.2) is 51.9 Å². The summed E-state index contributed by atoms with van der Waals surface area (Å²) in [5.41, 5.74) is 1.31. The van der Waals surface area contributed by atoms with Crippen LogP contribution in [0.5, 0.6) is 5.75 Å². The van der Waals surface area contributed by atoms with E-state index >= 15 is 0 Å². The SMILES string of the molecule is CNC(CN(C)Cc1ccc(OC)cc1)C1CCOC1. The molecule has 1 N–H and O–H groups in total. The third-order valence-corrected chi connectivity index (χ3v) is 4.02. The van der Waals surface area contributed by atoms with Gasteiger partial charge in [-0.15, -0.1) is 0 Å². The third kappa shape index (κ3) is 4.20. The zero-order valence-electron chi connectivity index (χ0n) is 12.8. The summed E-state index contributed by atoms with van der Waals surface area (Å²) in [5.74, 6) is 1.55. The number of methoxy groups -OCH3 is 1. The van der Waals surface area contributed by atoms with Crippen molar-refractivity contribution in [3.05, 3.63) is 29.8 Å². The second kappa shape index (κ2) is 7.62. The number of rotatable bonds is 7. The zero-order valence-corrected chi connectivity index (χ0v) is 12.8. The van der Waals surface area contributed by atoms with E-state index in [1.165, 1.54) is 12.0 Å². The van der Waals surface area contributed by atoms with Crippen molar-refractivity contribution < 1.29 is 9.47 Å². The standard InChI is InChI=1S/C16H26N2O2/c1-17-16(14-8-9-20-12-14)11-18(2)10-13-4-6-15(19-3)7-5-13/h4-7,14,16-17H,8-12H2,1-3H3. The van der Waals surface area contributed by atoms with E-state index in [1.54, 1.807) is 7.11 Å². The van der Waals surface area contributed by atoms with Crippen molar-refractivity contribution in [3.63, 3.8) is 0 Å². The molecule has 2 unspecified atom stereocenters. The van der Waals surface area contributed by atoms with Crippen LogP contribution >= 0.6 is 0 Å². The molecule has 112 valence electrons. The molecule has 4 nitrogen and oxygen atoms in total. The Morgan fingerprint density at radius 2 is 2.15 bits per heavy atom. The fourth-order valence-corrected chi connectivity index (χ4v) is 2.79. The Labute approximate surface area is 122 Å². The smallest absolute Gasteiger partial charge is 0.118 e. The molecule has 0 bridgehead atoms. The maximum atomic E-state index is 5.49. The molecule has 0 amide bonds. The first-order valence-corrected chi connectivity index (χ1v) is 7.29. The van der Waals surface area contributed by atoms with E-state index in [-0.39, 0.29) is 0 Å². The number of nitrogens with zero attached hydrogens (tertiary/aromatic N) is 1. The average Bonchev–Trinajstić information content (AvgIpc) is 2.99.